The fourth-order valence-electron chi connectivity index (χ4n) is 3.57. The molecule has 0 aromatic heterocycles. The van der Waals surface area contributed by atoms with E-state index < -0.39 is 35.7 Å². The number of fused-ring (bicyclic) bond motifs is 1. The molecule has 3 atom stereocenters. The second-order valence-corrected chi connectivity index (χ2v) is 9.06. The van der Waals surface area contributed by atoms with Crippen molar-refractivity contribution in [3.8, 4) is 0 Å². The summed E-state index contributed by atoms with van der Waals surface area (Å²) < 4.78 is 22.6. The number of carbonyl (C=O) groups is 2. The first kappa shape index (κ1) is 22.8. The van der Waals surface area contributed by atoms with E-state index in [1.165, 1.54) is 4.90 Å². The van der Waals surface area contributed by atoms with Crippen molar-refractivity contribution >= 4 is 23.7 Å². The lowest BCUT2D eigenvalue weighted by molar-refractivity contribution is -0.162. The Morgan fingerprint density at radius 1 is 1.26 bits per heavy atom. The third kappa shape index (κ3) is 5.65. The van der Waals surface area contributed by atoms with E-state index in [1.54, 1.807) is 58.9 Å². The van der Waals surface area contributed by atoms with E-state index in [9.17, 15) is 9.59 Å². The van der Waals surface area contributed by atoms with Gasteiger partial charge in [-0.15, -0.1) is 0 Å². The number of ether oxygens (including phenoxy) is 4. The highest BCUT2D eigenvalue weighted by Gasteiger charge is 2.55. The van der Waals surface area contributed by atoms with E-state index in [4.69, 9.17) is 30.1 Å². The van der Waals surface area contributed by atoms with Crippen molar-refractivity contribution in [2.24, 2.45) is 0 Å². The van der Waals surface area contributed by atoms with Gasteiger partial charge in [-0.25, -0.2) is 9.59 Å². The minimum atomic E-state index is -0.812. The van der Waals surface area contributed by atoms with Crippen molar-refractivity contribution in [2.45, 2.75) is 64.3 Å². The Hall–Kier alpha value is -2.85. The van der Waals surface area contributed by atoms with Gasteiger partial charge in [-0.2, -0.15) is 0 Å². The van der Waals surface area contributed by atoms with Crippen LogP contribution >= 0.6 is 0 Å². The van der Waals surface area contributed by atoms with Gasteiger partial charge in [0.2, 0.25) is 0 Å². The van der Waals surface area contributed by atoms with Gasteiger partial charge < -0.3 is 24.7 Å². The molecule has 2 fully saturated rings. The van der Waals surface area contributed by atoms with Crippen LogP contribution in [-0.2, 0) is 18.9 Å². The van der Waals surface area contributed by atoms with Crippen molar-refractivity contribution in [1.29, 1.82) is 5.41 Å². The van der Waals surface area contributed by atoms with Crippen LogP contribution in [0.5, 0.6) is 0 Å². The first-order chi connectivity index (χ1) is 14.3. The average molecular weight is 434 g/mol. The summed E-state index contributed by atoms with van der Waals surface area (Å²) in [6, 6.07) is 5.92. The van der Waals surface area contributed by atoms with Gasteiger partial charge in [0.1, 0.15) is 30.3 Å². The first-order valence-electron chi connectivity index (χ1n) is 10.1. The molecule has 10 nitrogen and oxygen atoms in total. The lowest BCUT2D eigenvalue weighted by Gasteiger charge is -2.31. The van der Waals surface area contributed by atoms with Crippen molar-refractivity contribution in [1.82, 2.24) is 10.2 Å². The Kier molecular flexibility index (Phi) is 6.15. The molecule has 2 aliphatic rings. The Bertz CT molecular complexity index is 848. The molecule has 2 aliphatic heterocycles. The Morgan fingerprint density at radius 2 is 1.90 bits per heavy atom. The van der Waals surface area contributed by atoms with Gasteiger partial charge in [0.25, 0.3) is 0 Å². The molecule has 31 heavy (non-hydrogen) atoms. The van der Waals surface area contributed by atoms with E-state index in [-0.39, 0.29) is 25.1 Å². The zero-order valence-electron chi connectivity index (χ0n) is 18.4. The van der Waals surface area contributed by atoms with Crippen molar-refractivity contribution in [3.05, 3.63) is 29.8 Å². The molecule has 2 amide bonds. The van der Waals surface area contributed by atoms with E-state index >= 15 is 0 Å². The molecule has 2 heterocycles. The number of carbonyl (C=O) groups excluding carboxylic acids is 2. The zero-order chi connectivity index (χ0) is 23.0. The molecule has 0 aliphatic carbocycles. The van der Waals surface area contributed by atoms with Crippen LogP contribution in [0.15, 0.2) is 24.3 Å². The monoisotopic (exact) mass is 434 g/mol. The highest BCUT2D eigenvalue weighted by molar-refractivity contribution is 6.04. The second kappa shape index (κ2) is 8.35. The number of hydrogen-bond acceptors (Lipinski definition) is 8. The molecule has 2 saturated heterocycles. The van der Waals surface area contributed by atoms with Crippen LogP contribution in [0, 0.1) is 5.41 Å². The van der Waals surface area contributed by atoms with Crippen molar-refractivity contribution in [3.63, 3.8) is 0 Å². The minimum absolute atomic E-state index is 0.125. The highest BCUT2D eigenvalue weighted by Crippen LogP contribution is 2.37. The normalized spacial score (nSPS) is 24.4. The van der Waals surface area contributed by atoms with Crippen molar-refractivity contribution < 1.29 is 28.5 Å². The van der Waals surface area contributed by atoms with Crippen LogP contribution in [-0.4, -0.2) is 65.7 Å². The lowest BCUT2D eigenvalue weighted by atomic mass is 10.1. The Balaban J connectivity index is 1.64. The zero-order valence-corrected chi connectivity index (χ0v) is 18.4. The molecule has 0 spiro atoms. The van der Waals surface area contributed by atoms with Crippen LogP contribution in [0.4, 0.5) is 15.3 Å². The summed E-state index contributed by atoms with van der Waals surface area (Å²) >= 11 is 0. The van der Waals surface area contributed by atoms with Crippen LogP contribution in [0.3, 0.4) is 0 Å². The van der Waals surface area contributed by atoms with Gasteiger partial charge in [0, 0.05) is 11.3 Å². The standard InChI is InChI=1S/C21H30N4O6/c1-20(2,3)31-19(27)25-10-15-16(30-21(4,5)29-15)14(25)11-28-18(26)24-17(23)12-6-8-13(22)9-7-12/h6-9,14-16H,10-11,22H2,1-5H3,(H2,23,24,26). The van der Waals surface area contributed by atoms with Crippen LogP contribution < -0.4 is 11.1 Å². The summed E-state index contributed by atoms with van der Waals surface area (Å²) in [6.07, 6.45) is -2.16. The summed E-state index contributed by atoms with van der Waals surface area (Å²) in [5, 5.41) is 10.4. The third-order valence-electron chi connectivity index (χ3n) is 4.82. The molecule has 1 aromatic rings. The number of nitrogens with two attached hydrogens (primary N) is 1. The maximum atomic E-state index is 12.7. The van der Waals surface area contributed by atoms with Crippen molar-refractivity contribution in [2.75, 3.05) is 18.9 Å². The van der Waals surface area contributed by atoms with E-state index in [1.807, 2.05) is 0 Å². The molecule has 10 heteroatoms. The van der Waals surface area contributed by atoms with Gasteiger partial charge in [0.15, 0.2) is 5.79 Å². The van der Waals surface area contributed by atoms with Crippen LogP contribution in [0.1, 0.15) is 40.2 Å². The van der Waals surface area contributed by atoms with E-state index in [0.717, 1.165) is 0 Å². The topological polar surface area (TPSA) is 136 Å². The number of alkyl carbamates (subject to hydrolysis) is 1. The molecule has 0 bridgehead atoms. The summed E-state index contributed by atoms with van der Waals surface area (Å²) in [6.45, 7) is 9.04. The number of hydrogen-bond donors (Lipinski definition) is 3. The largest absolute Gasteiger partial charge is 0.447 e. The average Bonchev–Trinajstić information content (AvgIpc) is 3.11. The van der Waals surface area contributed by atoms with Gasteiger partial charge in [-0.05, 0) is 58.9 Å². The Labute approximate surface area is 181 Å². The number of benzene rings is 1. The Morgan fingerprint density at radius 3 is 2.52 bits per heavy atom. The molecule has 3 rings (SSSR count). The quantitative estimate of drug-likeness (QED) is 0.378. The number of nitrogens with one attached hydrogen (secondary N) is 2. The molecule has 170 valence electrons. The number of amidine groups is 1. The summed E-state index contributed by atoms with van der Waals surface area (Å²) in [5.41, 5.74) is 6.00. The number of nitrogens with zero attached hydrogens (tertiary/aromatic N) is 1. The summed E-state index contributed by atoms with van der Waals surface area (Å²) in [7, 11) is 0. The molecular formula is C21H30N4O6. The first-order valence-corrected chi connectivity index (χ1v) is 10.1. The maximum Gasteiger partial charge on any atom is 0.412 e. The maximum absolute atomic E-state index is 12.7. The molecule has 0 radical (unpaired) electrons. The molecule has 4 N–H and O–H groups in total. The van der Waals surface area contributed by atoms with Gasteiger partial charge >= 0.3 is 12.2 Å². The van der Waals surface area contributed by atoms with Crippen LogP contribution in [0.25, 0.3) is 0 Å². The predicted molar refractivity (Wildman–Crippen MR) is 113 cm³/mol. The fourth-order valence-corrected chi connectivity index (χ4v) is 3.57. The minimum Gasteiger partial charge on any atom is -0.447 e. The summed E-state index contributed by atoms with van der Waals surface area (Å²) in [4.78, 5) is 26.4. The van der Waals surface area contributed by atoms with E-state index in [2.05, 4.69) is 5.32 Å². The number of nitrogen functional groups attached to an aromatic ring is 1. The highest BCUT2D eigenvalue weighted by atomic mass is 16.8. The van der Waals surface area contributed by atoms with Gasteiger partial charge in [-0.3, -0.25) is 15.6 Å². The SMILES string of the molecule is CC(C)(C)OC(=O)N1CC2OC(C)(C)OC2C1COC(=O)NC(=N)c1ccc(N)cc1. The van der Waals surface area contributed by atoms with Gasteiger partial charge in [0.05, 0.1) is 12.6 Å². The van der Waals surface area contributed by atoms with E-state index in [0.29, 0.717) is 11.3 Å². The van der Waals surface area contributed by atoms with Crippen LogP contribution in [0.2, 0.25) is 0 Å². The second-order valence-electron chi connectivity index (χ2n) is 9.06. The van der Waals surface area contributed by atoms with Gasteiger partial charge in [-0.1, -0.05) is 0 Å². The molecular weight excluding hydrogens is 404 g/mol. The number of rotatable bonds is 3. The molecule has 0 saturated carbocycles. The lowest BCUT2D eigenvalue weighted by Crippen LogP contribution is -2.47. The summed E-state index contributed by atoms with van der Waals surface area (Å²) in [5.74, 6) is -0.924. The number of amides is 2. The molecule has 3 unspecified atom stereocenters. The smallest absolute Gasteiger partial charge is 0.412 e. The predicted octanol–water partition coefficient (Wildman–Crippen LogP) is 2.46. The third-order valence-corrected chi connectivity index (χ3v) is 4.82. The number of anilines is 1. The fraction of sp³-hybridized carbons (Fsp3) is 0.571. The number of likely N-dealkylation sites (tertiary alicyclic amines) is 1. The molecule has 1 aromatic carbocycles.